The van der Waals surface area contributed by atoms with Gasteiger partial charge in [0.05, 0.1) is 18.4 Å². The highest BCUT2D eigenvalue weighted by atomic mass is 32.2. The van der Waals surface area contributed by atoms with Crippen LogP contribution in [0.15, 0.2) is 4.99 Å². The van der Waals surface area contributed by atoms with Gasteiger partial charge < -0.3 is 15.4 Å². The van der Waals surface area contributed by atoms with Gasteiger partial charge in [-0.25, -0.2) is 13.1 Å². The molecule has 1 atom stereocenters. The predicted molar refractivity (Wildman–Crippen MR) is 84.8 cm³/mol. The van der Waals surface area contributed by atoms with E-state index in [1.807, 2.05) is 18.7 Å². The van der Waals surface area contributed by atoms with Crippen molar-refractivity contribution in [2.75, 3.05) is 38.5 Å². The number of hydrogen-bond acceptors (Lipinski definition) is 4. The van der Waals surface area contributed by atoms with E-state index in [1.54, 1.807) is 0 Å². The van der Waals surface area contributed by atoms with E-state index in [2.05, 4.69) is 9.71 Å². The minimum Gasteiger partial charge on any atom is -0.377 e. The first-order chi connectivity index (χ1) is 9.98. The van der Waals surface area contributed by atoms with E-state index in [0.717, 1.165) is 39.0 Å². The summed E-state index contributed by atoms with van der Waals surface area (Å²) in [5.74, 6) is 0.340. The summed E-state index contributed by atoms with van der Waals surface area (Å²) in [5, 5.41) is 0. The molecular formula is C13H28N4O3S. The summed E-state index contributed by atoms with van der Waals surface area (Å²) in [6.45, 7) is 6.71. The van der Waals surface area contributed by atoms with Gasteiger partial charge in [-0.1, -0.05) is 0 Å². The topological polar surface area (TPSA) is 97.0 Å². The first-order valence-electron chi connectivity index (χ1n) is 7.62. The van der Waals surface area contributed by atoms with E-state index in [4.69, 9.17) is 10.5 Å². The summed E-state index contributed by atoms with van der Waals surface area (Å²) < 4.78 is 31.8. The van der Waals surface area contributed by atoms with Crippen LogP contribution >= 0.6 is 0 Å². The second kappa shape index (κ2) is 9.22. The minimum atomic E-state index is -3.33. The molecular weight excluding hydrogens is 292 g/mol. The fourth-order valence-corrected chi connectivity index (χ4v) is 3.10. The van der Waals surface area contributed by atoms with Crippen LogP contribution in [0.25, 0.3) is 0 Å². The fraction of sp³-hybridized carbons (Fsp3) is 0.923. The molecule has 124 valence electrons. The van der Waals surface area contributed by atoms with E-state index in [-0.39, 0.29) is 18.4 Å². The third kappa shape index (κ3) is 7.10. The average Bonchev–Trinajstić information content (AvgIpc) is 2.47. The van der Waals surface area contributed by atoms with Crippen LogP contribution in [0.1, 0.15) is 33.1 Å². The molecule has 7 nitrogen and oxygen atoms in total. The van der Waals surface area contributed by atoms with Gasteiger partial charge in [0.1, 0.15) is 0 Å². The second-order valence-corrected chi connectivity index (χ2v) is 6.99. The van der Waals surface area contributed by atoms with Gasteiger partial charge in [0, 0.05) is 26.2 Å². The van der Waals surface area contributed by atoms with Gasteiger partial charge >= 0.3 is 0 Å². The second-order valence-electron chi connectivity index (χ2n) is 5.07. The third-order valence-electron chi connectivity index (χ3n) is 3.53. The van der Waals surface area contributed by atoms with Crippen molar-refractivity contribution in [3.05, 3.63) is 0 Å². The van der Waals surface area contributed by atoms with Crippen molar-refractivity contribution in [3.63, 3.8) is 0 Å². The number of nitrogens with one attached hydrogen (secondary N) is 1. The van der Waals surface area contributed by atoms with E-state index in [9.17, 15) is 8.42 Å². The molecule has 0 radical (unpaired) electrons. The lowest BCUT2D eigenvalue weighted by atomic mass is 10.1. The van der Waals surface area contributed by atoms with Crippen LogP contribution in [-0.2, 0) is 14.8 Å². The van der Waals surface area contributed by atoms with Crippen molar-refractivity contribution in [1.82, 2.24) is 9.62 Å². The number of aliphatic imine (C=N–C) groups is 1. The molecule has 1 heterocycles. The molecule has 1 rings (SSSR count). The third-order valence-corrected chi connectivity index (χ3v) is 4.85. The molecule has 3 N–H and O–H groups in total. The maximum Gasteiger partial charge on any atom is 0.213 e. The SMILES string of the molecule is CCN(CC)C(N)=NCCS(=O)(=O)NCC1CCCCO1. The van der Waals surface area contributed by atoms with Crippen LogP contribution in [0, 0.1) is 0 Å². The summed E-state index contributed by atoms with van der Waals surface area (Å²) in [6, 6.07) is 0. The van der Waals surface area contributed by atoms with Crippen molar-refractivity contribution in [1.29, 1.82) is 0 Å². The lowest BCUT2D eigenvalue weighted by Crippen LogP contribution is -2.39. The number of rotatable bonds is 8. The Bertz CT molecular complexity index is 415. The summed E-state index contributed by atoms with van der Waals surface area (Å²) in [4.78, 5) is 6.00. The number of guanidine groups is 1. The van der Waals surface area contributed by atoms with Crippen molar-refractivity contribution >= 4 is 16.0 Å². The molecule has 0 aromatic carbocycles. The standard InChI is InChI=1S/C13H28N4O3S/c1-3-17(4-2)13(14)15-8-10-21(18,19)16-11-12-7-5-6-9-20-12/h12,16H,3-11H2,1-2H3,(H2,14,15). The number of nitrogens with two attached hydrogens (primary N) is 1. The lowest BCUT2D eigenvalue weighted by Gasteiger charge is -2.22. The maximum absolute atomic E-state index is 11.9. The number of ether oxygens (including phenoxy) is 1. The molecule has 8 heteroatoms. The molecule has 1 saturated heterocycles. The van der Waals surface area contributed by atoms with Gasteiger partial charge in [0.2, 0.25) is 10.0 Å². The van der Waals surface area contributed by atoms with Crippen molar-refractivity contribution in [3.8, 4) is 0 Å². The smallest absolute Gasteiger partial charge is 0.213 e. The van der Waals surface area contributed by atoms with Gasteiger partial charge in [-0.2, -0.15) is 0 Å². The largest absolute Gasteiger partial charge is 0.377 e. The van der Waals surface area contributed by atoms with Gasteiger partial charge in [-0.05, 0) is 33.1 Å². The van der Waals surface area contributed by atoms with Crippen LogP contribution in [0.3, 0.4) is 0 Å². The Morgan fingerprint density at radius 1 is 1.38 bits per heavy atom. The zero-order valence-corrected chi connectivity index (χ0v) is 13.9. The Kier molecular flexibility index (Phi) is 7.98. The normalized spacial score (nSPS) is 20.5. The highest BCUT2D eigenvalue weighted by Crippen LogP contribution is 2.11. The van der Waals surface area contributed by atoms with Gasteiger partial charge in [0.25, 0.3) is 0 Å². The Morgan fingerprint density at radius 2 is 2.10 bits per heavy atom. The molecule has 0 aliphatic carbocycles. The number of sulfonamides is 1. The minimum absolute atomic E-state index is 0.00206. The molecule has 1 aliphatic heterocycles. The molecule has 0 amide bonds. The average molecular weight is 320 g/mol. The molecule has 1 unspecified atom stereocenters. The van der Waals surface area contributed by atoms with E-state index in [0.29, 0.717) is 12.5 Å². The van der Waals surface area contributed by atoms with E-state index in [1.165, 1.54) is 0 Å². The maximum atomic E-state index is 11.9. The Labute approximate surface area is 128 Å². The van der Waals surface area contributed by atoms with Crippen molar-refractivity contribution < 1.29 is 13.2 Å². The molecule has 0 aromatic rings. The molecule has 1 aliphatic rings. The predicted octanol–water partition coefficient (Wildman–Crippen LogP) is 0.131. The van der Waals surface area contributed by atoms with Gasteiger partial charge in [0.15, 0.2) is 5.96 Å². The van der Waals surface area contributed by atoms with Crippen LogP contribution in [0.2, 0.25) is 0 Å². The number of hydrogen-bond donors (Lipinski definition) is 2. The monoisotopic (exact) mass is 320 g/mol. The molecule has 0 saturated carbocycles. The van der Waals surface area contributed by atoms with Crippen molar-refractivity contribution in [2.24, 2.45) is 10.7 Å². The summed E-state index contributed by atoms with van der Waals surface area (Å²) in [6.07, 6.45) is 3.06. The van der Waals surface area contributed by atoms with Crippen LogP contribution in [0.5, 0.6) is 0 Å². The van der Waals surface area contributed by atoms with Crippen molar-refractivity contribution in [2.45, 2.75) is 39.2 Å². The fourth-order valence-electron chi connectivity index (χ4n) is 2.19. The van der Waals surface area contributed by atoms with Gasteiger partial charge in [-0.3, -0.25) is 4.99 Å². The van der Waals surface area contributed by atoms with E-state index >= 15 is 0 Å². The highest BCUT2D eigenvalue weighted by Gasteiger charge is 2.17. The first-order valence-corrected chi connectivity index (χ1v) is 9.27. The number of nitrogens with zero attached hydrogens (tertiary/aromatic N) is 2. The first kappa shape index (κ1) is 18.2. The Morgan fingerprint density at radius 3 is 2.67 bits per heavy atom. The van der Waals surface area contributed by atoms with Gasteiger partial charge in [-0.15, -0.1) is 0 Å². The Balaban J connectivity index is 2.33. The lowest BCUT2D eigenvalue weighted by molar-refractivity contribution is 0.0200. The van der Waals surface area contributed by atoms with Crippen LogP contribution in [-0.4, -0.2) is 63.9 Å². The summed E-state index contributed by atoms with van der Waals surface area (Å²) in [5.41, 5.74) is 5.80. The summed E-state index contributed by atoms with van der Waals surface area (Å²) >= 11 is 0. The summed E-state index contributed by atoms with van der Waals surface area (Å²) in [7, 11) is -3.33. The zero-order chi connectivity index (χ0) is 15.7. The van der Waals surface area contributed by atoms with Crippen LogP contribution in [0.4, 0.5) is 0 Å². The van der Waals surface area contributed by atoms with Crippen LogP contribution < -0.4 is 10.5 Å². The molecule has 0 bridgehead atoms. The molecule has 0 aromatic heterocycles. The quantitative estimate of drug-likeness (QED) is 0.489. The molecule has 0 spiro atoms. The molecule has 1 fully saturated rings. The van der Waals surface area contributed by atoms with E-state index < -0.39 is 10.0 Å². The highest BCUT2D eigenvalue weighted by molar-refractivity contribution is 7.89. The molecule has 21 heavy (non-hydrogen) atoms. The Hall–Kier alpha value is -0.860. The zero-order valence-electron chi connectivity index (χ0n) is 13.0.